The Morgan fingerprint density at radius 3 is 1.85 bits per heavy atom. The molecule has 22 heteroatoms. The van der Waals surface area contributed by atoms with Crippen LogP contribution in [-0.4, -0.2) is 149 Å². The Kier molecular flexibility index (Phi) is 23.0. The van der Waals surface area contributed by atoms with E-state index >= 15 is 0 Å². The van der Waals surface area contributed by atoms with E-state index in [9.17, 15) is 42.9 Å². The van der Waals surface area contributed by atoms with E-state index in [-0.39, 0.29) is 11.7 Å². The summed E-state index contributed by atoms with van der Waals surface area (Å²) in [5.41, 5.74) is 16.3. The zero-order chi connectivity index (χ0) is 70.2. The minimum atomic E-state index is -5.19. The third-order valence-corrected chi connectivity index (χ3v) is 21.6. The lowest BCUT2D eigenvalue weighted by molar-refractivity contribution is -0.462. The van der Waals surface area contributed by atoms with Crippen LogP contribution in [0.5, 0.6) is 0 Å². The fourth-order valence-corrected chi connectivity index (χ4v) is 15.9. The first-order chi connectivity index (χ1) is 46.0. The molecule has 97 heavy (non-hydrogen) atoms. The number of aryl methyl sites for hydroxylation is 1. The van der Waals surface area contributed by atoms with Crippen LogP contribution in [0.25, 0.3) is 44.1 Å². The number of carbonyl (C=O) groups is 3. The number of amides is 1. The number of carbonyl (C=O) groups excluding carboxylic acids is 3. The molecule has 5 N–H and O–H groups in total. The molecule has 10 rings (SSSR count). The number of benzene rings is 7. The first-order valence-corrected chi connectivity index (χ1v) is 35.3. The van der Waals surface area contributed by atoms with Gasteiger partial charge in [-0.3, -0.25) is 19.4 Å². The van der Waals surface area contributed by atoms with Gasteiger partial charge in [0.05, 0.1) is 11.9 Å². The molecule has 2 aliphatic rings. The number of hydrogen-bond acceptors (Lipinski definition) is 13. The zero-order valence-corrected chi connectivity index (χ0v) is 57.5. The Labute approximate surface area is 566 Å². The van der Waals surface area contributed by atoms with E-state index in [1.807, 2.05) is 41.2 Å². The topological polar surface area (TPSA) is 211 Å². The highest BCUT2D eigenvalue weighted by Gasteiger charge is 2.41. The molecule has 8 aromatic rings. The van der Waals surface area contributed by atoms with E-state index in [1.54, 1.807) is 32.0 Å². The normalized spacial score (nSPS) is 13.3. The van der Waals surface area contributed by atoms with Crippen LogP contribution in [0.3, 0.4) is 0 Å². The number of alkyl halides is 3. The van der Waals surface area contributed by atoms with Crippen molar-refractivity contribution in [3.63, 3.8) is 0 Å². The van der Waals surface area contributed by atoms with Crippen LogP contribution < -0.4 is 31.4 Å². The number of halogens is 3. The lowest BCUT2D eigenvalue weighted by Crippen LogP contribution is -2.49. The fourth-order valence-electron chi connectivity index (χ4n) is 12.8. The summed E-state index contributed by atoms with van der Waals surface area (Å²) in [5, 5.41) is 70.9. The van der Waals surface area contributed by atoms with Gasteiger partial charge in [0.15, 0.2) is 11.5 Å². The summed E-state index contributed by atoms with van der Waals surface area (Å²) in [5.74, 6) is -3.17. The van der Waals surface area contributed by atoms with E-state index in [1.165, 1.54) is 38.5 Å². The minimum absolute atomic E-state index is 0.0413. The van der Waals surface area contributed by atoms with Gasteiger partial charge in [-0.15, -0.1) is 5.10 Å². The molecule has 0 saturated carbocycles. The van der Waals surface area contributed by atoms with Gasteiger partial charge in [-0.1, -0.05) is 129 Å². The Morgan fingerprint density at radius 2 is 1.28 bits per heavy atom. The largest absolute Gasteiger partial charge is 0.542 e. The van der Waals surface area contributed by atoms with Gasteiger partial charge in [0, 0.05) is 88.8 Å². The number of aromatic nitrogens is 3. The summed E-state index contributed by atoms with van der Waals surface area (Å²) in [4.78, 5) is 41.1. The van der Waals surface area contributed by atoms with Crippen LogP contribution in [0.15, 0.2) is 187 Å². The van der Waals surface area contributed by atoms with Gasteiger partial charge in [-0.25, -0.2) is 9.26 Å². The highest BCUT2D eigenvalue weighted by atomic mass is 28.3. The van der Waals surface area contributed by atoms with Gasteiger partial charge >= 0.3 is 20.4 Å². The molecule has 502 valence electrons. The number of rotatable bonds is 25. The number of allylic oxidation sites excluding steroid dienone is 6. The monoisotopic (exact) mass is 1330 g/mol. The van der Waals surface area contributed by atoms with Crippen molar-refractivity contribution in [3.8, 4) is 16.9 Å². The van der Waals surface area contributed by atoms with Crippen molar-refractivity contribution in [2.75, 3.05) is 52.7 Å². The summed E-state index contributed by atoms with van der Waals surface area (Å²) < 4.78 is 35.6. The van der Waals surface area contributed by atoms with Crippen molar-refractivity contribution in [2.45, 2.75) is 91.9 Å². The molecule has 0 fully saturated rings. The highest BCUT2D eigenvalue weighted by molar-refractivity contribution is 6.98. The smallest absolute Gasteiger partial charge is 0.488 e. The molecule has 1 aliphatic heterocycles. The SMILES string of the molecule is C=C(C)C(=O)CCCCN(Cc1ccccc1B(O)O)Cc1c2ccccc2c(CN(CCCNC(=O)C(=C)C)Cc2ccccc2B(O)O)c2ccc(-c3cn(-c4ccc(C)c(C5=C6C=CC(=[N+](C)C)C=C6[Si](C)(C)c6cc(N(C)C)ccc65)c4)nn3)cc12.O=C([O-])C(F)(F)F. The lowest BCUT2D eigenvalue weighted by atomic mass is 9.77. The summed E-state index contributed by atoms with van der Waals surface area (Å²) in [6.45, 7) is 21.6. The number of fused-ring (bicyclic) bond motifs is 4. The van der Waals surface area contributed by atoms with Gasteiger partial charge in [0.1, 0.15) is 33.8 Å². The molecule has 1 amide bonds. The van der Waals surface area contributed by atoms with Gasteiger partial charge in [-0.2, -0.15) is 13.2 Å². The summed E-state index contributed by atoms with van der Waals surface area (Å²) >= 11 is 0. The molecule has 0 radical (unpaired) electrons. The van der Waals surface area contributed by atoms with Gasteiger partial charge in [0.2, 0.25) is 5.91 Å². The minimum Gasteiger partial charge on any atom is -0.542 e. The summed E-state index contributed by atoms with van der Waals surface area (Å²) in [6, 6.07) is 43.3. The maximum absolute atomic E-state index is 12.8. The van der Waals surface area contributed by atoms with Gasteiger partial charge in [0.25, 0.3) is 0 Å². The third kappa shape index (κ3) is 16.8. The molecule has 0 atom stereocenters. The molecule has 0 saturated heterocycles. The van der Waals surface area contributed by atoms with E-state index in [0.717, 1.165) is 66.2 Å². The average molecular weight is 1330 g/mol. The zero-order valence-electron chi connectivity index (χ0n) is 56.5. The Balaban J connectivity index is 0.00000149. The predicted octanol–water partition coefficient (Wildman–Crippen LogP) is 8.16. The highest BCUT2D eigenvalue weighted by Crippen LogP contribution is 2.44. The number of Topliss-reactive ketones (excluding diaryl/α,β-unsaturated/α-hetero) is 1. The van der Waals surface area contributed by atoms with Gasteiger partial charge < -0.3 is 40.2 Å². The van der Waals surface area contributed by atoms with Crippen molar-refractivity contribution < 1.29 is 57.3 Å². The molecule has 0 spiro atoms. The van der Waals surface area contributed by atoms with Crippen LogP contribution >= 0.6 is 0 Å². The second kappa shape index (κ2) is 31.0. The van der Waals surface area contributed by atoms with Gasteiger partial charge in [-0.05, 0) is 182 Å². The Morgan fingerprint density at radius 1 is 0.701 bits per heavy atom. The number of ketones is 1. The number of nitrogens with zero attached hydrogens (tertiary/aromatic N) is 7. The Hall–Kier alpha value is -9.12. The van der Waals surface area contributed by atoms with Crippen molar-refractivity contribution in [1.82, 2.24) is 30.1 Å². The van der Waals surface area contributed by atoms with Crippen molar-refractivity contribution >= 4 is 94.6 Å². The van der Waals surface area contributed by atoms with Crippen molar-refractivity contribution in [1.29, 1.82) is 0 Å². The molecule has 0 bridgehead atoms. The van der Waals surface area contributed by atoms with E-state index < -0.39 is 34.5 Å². The van der Waals surface area contributed by atoms with E-state index in [4.69, 9.17) is 20.2 Å². The number of carboxylic acid groups (broad SMARTS) is 1. The summed E-state index contributed by atoms with van der Waals surface area (Å²) in [7, 11) is 2.88. The molecule has 0 unspecified atom stereocenters. The molecule has 1 aliphatic carbocycles. The maximum Gasteiger partial charge on any atom is 0.488 e. The lowest BCUT2D eigenvalue weighted by Gasteiger charge is -2.38. The number of nitrogens with one attached hydrogen (secondary N) is 1. The van der Waals surface area contributed by atoms with Crippen molar-refractivity contribution in [2.24, 2.45) is 0 Å². The first kappa shape index (κ1) is 72.2. The second-order valence-corrected chi connectivity index (χ2v) is 30.3. The van der Waals surface area contributed by atoms with E-state index in [2.05, 4.69) is 183 Å². The standard InChI is InChI=1S/C73H82B2N8O6Si.C2HF3O2/c1-48(2)69(84)27-18-19-37-81(43-52-21-12-16-25-66(52)74(86)87)46-65-58-24-15-14-23-57(58)64(45-82(38-20-36-76-73(85)49(3)4)44-53-22-13-17-26-67(53)75(88)89)59-33-29-51(39-63(59)65)68-47-83(78-77-68)56-30-28-50(5)62(40-56)72-60-34-31-54(79(6)7)41-70(60)90(10,11)71-42-55(80(8)9)32-35-61(71)72;3-2(4,5)1(6)7/h12-17,21-26,28-35,39-42,47,86-89H,1,3,18-20,27,36-38,43-46H2,2,4-11H3;(H,6,7). The molecule has 2 heterocycles. The quantitative estimate of drug-likeness (QED) is 0.0120. The van der Waals surface area contributed by atoms with Crippen molar-refractivity contribution in [3.05, 3.63) is 226 Å². The molecular formula is C75H83B2F3N8O8Si. The number of unbranched alkanes of at least 4 members (excludes halogenated alkanes) is 1. The summed E-state index contributed by atoms with van der Waals surface area (Å²) in [6.07, 6.45) is 6.14. The predicted molar refractivity (Wildman–Crippen MR) is 383 cm³/mol. The van der Waals surface area contributed by atoms with Crippen LogP contribution in [0, 0.1) is 6.92 Å². The van der Waals surface area contributed by atoms with E-state index in [0.29, 0.717) is 99.3 Å². The third-order valence-electron chi connectivity index (χ3n) is 18.1. The van der Waals surface area contributed by atoms with Crippen LogP contribution in [0.4, 0.5) is 18.9 Å². The molecule has 7 aromatic carbocycles. The maximum atomic E-state index is 12.8. The number of anilines is 1. The molecule has 1 aromatic heterocycles. The average Bonchev–Trinajstić information content (AvgIpc) is 0.992. The van der Waals surface area contributed by atoms with Crippen LogP contribution in [0.1, 0.15) is 78.5 Å². The second-order valence-electron chi connectivity index (χ2n) is 26.0. The van der Waals surface area contributed by atoms with Crippen LogP contribution in [0.2, 0.25) is 13.1 Å². The molecular weight excluding hydrogens is 1250 g/mol. The number of aliphatic carboxylic acids is 1. The Bertz CT molecular complexity index is 4480. The first-order valence-electron chi connectivity index (χ1n) is 32.3. The fraction of sp³-hybridized carbons (Fsp3) is 0.280. The number of hydrogen-bond donors (Lipinski definition) is 5. The van der Waals surface area contributed by atoms with Crippen LogP contribution in [-0.2, 0) is 40.6 Å². The number of carboxylic acids is 1. The molecule has 16 nitrogen and oxygen atoms in total.